The molecule has 3 aromatic heterocycles. The maximum absolute atomic E-state index is 6.29. The second kappa shape index (κ2) is 5.90. The molecule has 4 nitrogen and oxygen atoms in total. The molecule has 5 heteroatoms. The lowest BCUT2D eigenvalue weighted by molar-refractivity contribution is 0.449. The standard InChI is InChI=1S/C16H18ClN3O/c1-11(7-8-13-5-4-10-21-13)20-15(12(2)17)19-14-6-3-9-18-16(14)20/h3-6,9-12H,7-8H2,1-2H3. The van der Waals surface area contributed by atoms with E-state index in [1.54, 1.807) is 12.5 Å². The predicted octanol–water partition coefficient (Wildman–Crippen LogP) is 4.52. The number of halogens is 1. The van der Waals surface area contributed by atoms with Crippen LogP contribution in [-0.2, 0) is 6.42 Å². The first kappa shape index (κ1) is 14.1. The van der Waals surface area contributed by atoms with Crippen LogP contribution in [0.1, 0.15) is 43.3 Å². The number of furan rings is 1. The third-order valence-electron chi connectivity index (χ3n) is 3.66. The van der Waals surface area contributed by atoms with Gasteiger partial charge >= 0.3 is 0 Å². The molecule has 0 N–H and O–H groups in total. The van der Waals surface area contributed by atoms with Crippen molar-refractivity contribution in [3.8, 4) is 0 Å². The van der Waals surface area contributed by atoms with E-state index in [1.165, 1.54) is 0 Å². The van der Waals surface area contributed by atoms with E-state index in [1.807, 2.05) is 31.2 Å². The fourth-order valence-electron chi connectivity index (χ4n) is 2.60. The smallest absolute Gasteiger partial charge is 0.160 e. The lowest BCUT2D eigenvalue weighted by atomic mass is 10.1. The summed E-state index contributed by atoms with van der Waals surface area (Å²) in [5.41, 5.74) is 1.79. The number of nitrogens with zero attached hydrogens (tertiary/aromatic N) is 3. The van der Waals surface area contributed by atoms with Crippen LogP contribution in [-0.4, -0.2) is 14.5 Å². The third kappa shape index (κ3) is 2.81. The summed E-state index contributed by atoms with van der Waals surface area (Å²) in [5.74, 6) is 1.87. The molecule has 0 aliphatic heterocycles. The highest BCUT2D eigenvalue weighted by Crippen LogP contribution is 2.28. The third-order valence-corrected chi connectivity index (χ3v) is 3.86. The number of hydrogen-bond acceptors (Lipinski definition) is 3. The topological polar surface area (TPSA) is 43.9 Å². The van der Waals surface area contributed by atoms with Gasteiger partial charge in [-0.05, 0) is 44.5 Å². The Labute approximate surface area is 128 Å². The summed E-state index contributed by atoms with van der Waals surface area (Å²) in [6.07, 6.45) is 5.34. The lowest BCUT2D eigenvalue weighted by Gasteiger charge is -2.17. The average molecular weight is 304 g/mol. The number of aromatic nitrogens is 3. The van der Waals surface area contributed by atoms with Crippen LogP contribution in [0.15, 0.2) is 41.1 Å². The Morgan fingerprint density at radius 1 is 1.29 bits per heavy atom. The molecule has 3 rings (SSSR count). The molecule has 0 saturated heterocycles. The van der Waals surface area contributed by atoms with Gasteiger partial charge in [0.05, 0.1) is 11.6 Å². The second-order valence-electron chi connectivity index (χ2n) is 5.27. The van der Waals surface area contributed by atoms with Gasteiger partial charge in [0.2, 0.25) is 0 Å². The summed E-state index contributed by atoms with van der Waals surface area (Å²) in [5, 5.41) is -0.148. The number of aryl methyl sites for hydroxylation is 1. The molecule has 0 spiro atoms. The van der Waals surface area contributed by atoms with E-state index >= 15 is 0 Å². The van der Waals surface area contributed by atoms with Gasteiger partial charge < -0.3 is 8.98 Å². The van der Waals surface area contributed by atoms with Gasteiger partial charge in [0, 0.05) is 18.7 Å². The Kier molecular flexibility index (Phi) is 3.97. The number of alkyl halides is 1. The van der Waals surface area contributed by atoms with E-state index in [0.717, 1.165) is 35.6 Å². The van der Waals surface area contributed by atoms with E-state index in [2.05, 4.69) is 21.5 Å². The first-order valence-corrected chi connectivity index (χ1v) is 7.59. The van der Waals surface area contributed by atoms with Crippen molar-refractivity contribution in [2.24, 2.45) is 0 Å². The molecule has 0 amide bonds. The van der Waals surface area contributed by atoms with E-state index in [4.69, 9.17) is 16.0 Å². The molecule has 0 radical (unpaired) electrons. The van der Waals surface area contributed by atoms with Crippen LogP contribution < -0.4 is 0 Å². The largest absolute Gasteiger partial charge is 0.469 e. The molecule has 0 fully saturated rings. The van der Waals surface area contributed by atoms with E-state index in [-0.39, 0.29) is 11.4 Å². The van der Waals surface area contributed by atoms with Gasteiger partial charge in [-0.2, -0.15) is 0 Å². The number of pyridine rings is 1. The second-order valence-corrected chi connectivity index (χ2v) is 5.92. The monoisotopic (exact) mass is 303 g/mol. The molecule has 0 aliphatic carbocycles. The number of imidazole rings is 1. The lowest BCUT2D eigenvalue weighted by Crippen LogP contribution is -2.11. The Balaban J connectivity index is 1.92. The van der Waals surface area contributed by atoms with Gasteiger partial charge in [0.15, 0.2) is 5.65 Å². The van der Waals surface area contributed by atoms with Crippen LogP contribution in [0.2, 0.25) is 0 Å². The molecule has 21 heavy (non-hydrogen) atoms. The number of hydrogen-bond donors (Lipinski definition) is 0. The molecule has 110 valence electrons. The maximum atomic E-state index is 6.29. The van der Waals surface area contributed by atoms with Crippen LogP contribution in [0, 0.1) is 0 Å². The highest BCUT2D eigenvalue weighted by atomic mass is 35.5. The normalized spacial score (nSPS) is 14.4. The molecule has 0 bridgehead atoms. The Bertz CT molecular complexity index is 718. The van der Waals surface area contributed by atoms with Crippen LogP contribution in [0.3, 0.4) is 0 Å². The zero-order chi connectivity index (χ0) is 14.8. The van der Waals surface area contributed by atoms with Crippen molar-refractivity contribution in [1.29, 1.82) is 0 Å². The Hall–Kier alpha value is -1.81. The van der Waals surface area contributed by atoms with Crippen LogP contribution in [0.25, 0.3) is 11.2 Å². The maximum Gasteiger partial charge on any atom is 0.160 e. The summed E-state index contributed by atoms with van der Waals surface area (Å²) in [6, 6.07) is 8.05. The Morgan fingerprint density at radius 3 is 2.86 bits per heavy atom. The van der Waals surface area contributed by atoms with Crippen molar-refractivity contribution in [2.75, 3.05) is 0 Å². The van der Waals surface area contributed by atoms with E-state index < -0.39 is 0 Å². The SMILES string of the molecule is CC(Cl)c1nc2cccnc2n1C(C)CCc1ccco1. The highest BCUT2D eigenvalue weighted by Gasteiger charge is 2.19. The van der Waals surface area contributed by atoms with Crippen LogP contribution >= 0.6 is 11.6 Å². The zero-order valence-electron chi connectivity index (χ0n) is 12.2. The van der Waals surface area contributed by atoms with Crippen LogP contribution in [0.4, 0.5) is 0 Å². The van der Waals surface area contributed by atoms with Crippen molar-refractivity contribution in [1.82, 2.24) is 14.5 Å². The molecule has 3 heterocycles. The molecule has 2 unspecified atom stereocenters. The fourth-order valence-corrected chi connectivity index (χ4v) is 2.75. The summed E-state index contributed by atoms with van der Waals surface area (Å²) in [6.45, 7) is 4.11. The zero-order valence-corrected chi connectivity index (χ0v) is 12.9. The van der Waals surface area contributed by atoms with Crippen molar-refractivity contribution in [2.45, 2.75) is 38.1 Å². The van der Waals surface area contributed by atoms with Gasteiger partial charge in [0.1, 0.15) is 17.1 Å². The summed E-state index contributed by atoms with van der Waals surface area (Å²) in [7, 11) is 0. The summed E-state index contributed by atoms with van der Waals surface area (Å²) < 4.78 is 7.55. The summed E-state index contributed by atoms with van der Waals surface area (Å²) >= 11 is 6.29. The van der Waals surface area contributed by atoms with Crippen molar-refractivity contribution < 1.29 is 4.42 Å². The van der Waals surface area contributed by atoms with Crippen molar-refractivity contribution in [3.05, 3.63) is 48.3 Å². The molecule has 0 aromatic carbocycles. The van der Waals surface area contributed by atoms with Crippen molar-refractivity contribution >= 4 is 22.8 Å². The first-order chi connectivity index (χ1) is 10.2. The first-order valence-electron chi connectivity index (χ1n) is 7.16. The minimum absolute atomic E-state index is 0.148. The molecular weight excluding hydrogens is 286 g/mol. The molecule has 2 atom stereocenters. The average Bonchev–Trinajstić information content (AvgIpc) is 3.11. The molecular formula is C16H18ClN3O. The molecule has 0 saturated carbocycles. The van der Waals surface area contributed by atoms with Gasteiger partial charge in [0.25, 0.3) is 0 Å². The predicted molar refractivity (Wildman–Crippen MR) is 83.5 cm³/mol. The molecule has 3 aromatic rings. The summed E-state index contributed by atoms with van der Waals surface area (Å²) in [4.78, 5) is 9.09. The minimum atomic E-state index is -0.148. The van der Waals surface area contributed by atoms with Crippen molar-refractivity contribution in [3.63, 3.8) is 0 Å². The number of rotatable bonds is 5. The quantitative estimate of drug-likeness (QED) is 0.651. The fraction of sp³-hybridized carbons (Fsp3) is 0.375. The van der Waals surface area contributed by atoms with Gasteiger partial charge in [-0.15, -0.1) is 11.6 Å². The van der Waals surface area contributed by atoms with Gasteiger partial charge in [-0.3, -0.25) is 0 Å². The molecule has 0 aliphatic rings. The van der Waals surface area contributed by atoms with E-state index in [0.29, 0.717) is 0 Å². The van der Waals surface area contributed by atoms with Crippen LogP contribution in [0.5, 0.6) is 0 Å². The Morgan fingerprint density at radius 2 is 2.14 bits per heavy atom. The minimum Gasteiger partial charge on any atom is -0.469 e. The van der Waals surface area contributed by atoms with E-state index in [9.17, 15) is 0 Å². The number of fused-ring (bicyclic) bond motifs is 1. The van der Waals surface area contributed by atoms with Gasteiger partial charge in [-0.1, -0.05) is 0 Å². The van der Waals surface area contributed by atoms with Gasteiger partial charge in [-0.25, -0.2) is 9.97 Å². The highest BCUT2D eigenvalue weighted by molar-refractivity contribution is 6.20.